The van der Waals surface area contributed by atoms with Gasteiger partial charge in [0.2, 0.25) is 10.0 Å². The van der Waals surface area contributed by atoms with Crippen LogP contribution in [0.4, 0.5) is 0 Å². The third kappa shape index (κ3) is 4.73. The number of hydrogen-bond donors (Lipinski definition) is 0. The van der Waals surface area contributed by atoms with Crippen molar-refractivity contribution in [1.29, 1.82) is 0 Å². The van der Waals surface area contributed by atoms with Crippen LogP contribution in [0.25, 0.3) is 0 Å². The number of benzene rings is 2. The van der Waals surface area contributed by atoms with Crippen molar-refractivity contribution >= 4 is 39.1 Å². The van der Waals surface area contributed by atoms with Gasteiger partial charge in [0.1, 0.15) is 5.75 Å². The molecule has 27 heavy (non-hydrogen) atoms. The third-order valence-corrected chi connectivity index (χ3v) is 6.71. The third-order valence-electron chi connectivity index (χ3n) is 4.23. The Morgan fingerprint density at radius 1 is 0.963 bits per heavy atom. The quantitative estimate of drug-likeness (QED) is 0.733. The van der Waals surface area contributed by atoms with Crippen LogP contribution >= 0.6 is 23.2 Å². The van der Waals surface area contributed by atoms with Gasteiger partial charge in [-0.05, 0) is 36.4 Å². The van der Waals surface area contributed by atoms with E-state index >= 15 is 0 Å². The number of rotatable bonds is 5. The summed E-state index contributed by atoms with van der Waals surface area (Å²) in [5.74, 6) is 0.231. The highest BCUT2D eigenvalue weighted by Crippen LogP contribution is 2.23. The number of halogens is 2. The molecule has 0 unspecified atom stereocenters. The summed E-state index contributed by atoms with van der Waals surface area (Å²) in [7, 11) is -3.60. The Hall–Kier alpha value is -1.80. The minimum Gasteiger partial charge on any atom is -0.482 e. The molecule has 0 aromatic heterocycles. The van der Waals surface area contributed by atoms with Crippen LogP contribution in [-0.2, 0) is 14.8 Å². The van der Waals surface area contributed by atoms with E-state index in [-0.39, 0.29) is 30.5 Å². The fourth-order valence-corrected chi connectivity index (χ4v) is 4.46. The Bertz CT molecular complexity index is 911. The van der Waals surface area contributed by atoms with Gasteiger partial charge < -0.3 is 9.64 Å². The standard InChI is InChI=1S/C18H18Cl2N2O4S/c19-14-5-7-15(8-6-14)27(24,25)22-11-9-21(10-12-22)18(23)13-26-17-4-2-1-3-16(17)20/h1-8H,9-13H2. The number of para-hydroxylation sites is 1. The zero-order chi connectivity index (χ0) is 19.4. The second kappa shape index (κ2) is 8.48. The minimum atomic E-state index is -3.60. The second-order valence-electron chi connectivity index (χ2n) is 5.96. The first-order valence-corrected chi connectivity index (χ1v) is 10.5. The average Bonchev–Trinajstić information content (AvgIpc) is 2.67. The van der Waals surface area contributed by atoms with Gasteiger partial charge in [0, 0.05) is 31.2 Å². The van der Waals surface area contributed by atoms with E-state index in [2.05, 4.69) is 0 Å². The molecule has 0 spiro atoms. The summed E-state index contributed by atoms with van der Waals surface area (Å²) < 4.78 is 32.2. The zero-order valence-electron chi connectivity index (χ0n) is 14.3. The van der Waals surface area contributed by atoms with Gasteiger partial charge in [-0.2, -0.15) is 4.31 Å². The molecule has 1 aliphatic rings. The molecule has 0 bridgehead atoms. The lowest BCUT2D eigenvalue weighted by Gasteiger charge is -2.34. The number of nitrogens with zero attached hydrogens (tertiary/aromatic N) is 2. The van der Waals surface area contributed by atoms with Gasteiger partial charge in [-0.15, -0.1) is 0 Å². The Balaban J connectivity index is 1.56. The number of hydrogen-bond acceptors (Lipinski definition) is 4. The maximum absolute atomic E-state index is 12.7. The molecule has 1 amide bonds. The number of ether oxygens (including phenoxy) is 1. The van der Waals surface area contributed by atoms with E-state index in [1.165, 1.54) is 16.4 Å². The molecule has 2 aromatic carbocycles. The lowest BCUT2D eigenvalue weighted by atomic mass is 10.3. The van der Waals surface area contributed by atoms with E-state index in [0.717, 1.165) is 0 Å². The van der Waals surface area contributed by atoms with E-state index < -0.39 is 10.0 Å². The molecule has 9 heteroatoms. The topological polar surface area (TPSA) is 66.9 Å². The Morgan fingerprint density at radius 3 is 2.22 bits per heavy atom. The van der Waals surface area contributed by atoms with Crippen LogP contribution in [0.15, 0.2) is 53.4 Å². The summed E-state index contributed by atoms with van der Waals surface area (Å²) in [6, 6.07) is 13.0. The van der Waals surface area contributed by atoms with Crippen molar-refractivity contribution in [2.45, 2.75) is 4.90 Å². The molecule has 0 aliphatic carbocycles. The average molecular weight is 429 g/mol. The summed E-state index contributed by atoms with van der Waals surface area (Å²) in [6.45, 7) is 0.911. The minimum absolute atomic E-state index is 0.145. The van der Waals surface area contributed by atoms with Gasteiger partial charge in [0.25, 0.3) is 5.91 Å². The molecule has 144 valence electrons. The summed E-state index contributed by atoms with van der Waals surface area (Å²) >= 11 is 11.8. The highest BCUT2D eigenvalue weighted by Gasteiger charge is 2.30. The molecule has 0 radical (unpaired) electrons. The van der Waals surface area contributed by atoms with Gasteiger partial charge in [-0.3, -0.25) is 4.79 Å². The molecule has 1 aliphatic heterocycles. The molecule has 0 atom stereocenters. The van der Waals surface area contributed by atoms with Crippen LogP contribution in [0.2, 0.25) is 10.0 Å². The maximum Gasteiger partial charge on any atom is 0.260 e. The Kier molecular flexibility index (Phi) is 6.26. The molecule has 1 saturated heterocycles. The number of piperazine rings is 1. The maximum atomic E-state index is 12.7. The first-order valence-electron chi connectivity index (χ1n) is 8.29. The van der Waals surface area contributed by atoms with Crippen LogP contribution in [0.3, 0.4) is 0 Å². The number of sulfonamides is 1. The molecule has 1 fully saturated rings. The van der Waals surface area contributed by atoms with Crippen LogP contribution in [-0.4, -0.2) is 56.3 Å². The monoisotopic (exact) mass is 428 g/mol. The molecule has 1 heterocycles. The molecular formula is C18H18Cl2N2O4S. The molecule has 6 nitrogen and oxygen atoms in total. The normalized spacial score (nSPS) is 15.6. The fraction of sp³-hybridized carbons (Fsp3) is 0.278. The SMILES string of the molecule is O=C(COc1ccccc1Cl)N1CCN(S(=O)(=O)c2ccc(Cl)cc2)CC1. The molecule has 3 rings (SSSR count). The van der Waals surface area contributed by atoms with Crippen molar-refractivity contribution in [3.63, 3.8) is 0 Å². The second-order valence-corrected chi connectivity index (χ2v) is 8.74. The van der Waals surface area contributed by atoms with Crippen molar-refractivity contribution in [3.8, 4) is 5.75 Å². The van der Waals surface area contributed by atoms with E-state index in [1.54, 1.807) is 41.3 Å². The predicted molar refractivity (Wildman–Crippen MR) is 104 cm³/mol. The highest BCUT2D eigenvalue weighted by molar-refractivity contribution is 7.89. The first-order chi connectivity index (χ1) is 12.9. The van der Waals surface area contributed by atoms with Crippen molar-refractivity contribution in [3.05, 3.63) is 58.6 Å². The predicted octanol–water partition coefficient (Wildman–Crippen LogP) is 2.91. The molecule has 0 saturated carbocycles. The van der Waals surface area contributed by atoms with Crippen LogP contribution in [0.5, 0.6) is 5.75 Å². The van der Waals surface area contributed by atoms with Crippen LogP contribution in [0, 0.1) is 0 Å². The number of carbonyl (C=O) groups is 1. The Morgan fingerprint density at radius 2 is 1.59 bits per heavy atom. The summed E-state index contributed by atoms with van der Waals surface area (Å²) in [5.41, 5.74) is 0. The Labute approximate surface area is 168 Å². The van der Waals surface area contributed by atoms with Crippen molar-refractivity contribution < 1.29 is 17.9 Å². The summed E-state index contributed by atoms with van der Waals surface area (Å²) in [6.07, 6.45) is 0. The van der Waals surface area contributed by atoms with Crippen molar-refractivity contribution in [2.75, 3.05) is 32.8 Å². The lowest BCUT2D eigenvalue weighted by molar-refractivity contribution is -0.134. The summed E-state index contributed by atoms with van der Waals surface area (Å²) in [4.78, 5) is 14.1. The van der Waals surface area contributed by atoms with E-state index in [0.29, 0.717) is 28.9 Å². The fourth-order valence-electron chi connectivity index (χ4n) is 2.73. The highest BCUT2D eigenvalue weighted by atomic mass is 35.5. The number of amides is 1. The van der Waals surface area contributed by atoms with Gasteiger partial charge >= 0.3 is 0 Å². The molecular weight excluding hydrogens is 411 g/mol. The van der Waals surface area contributed by atoms with Crippen LogP contribution in [0.1, 0.15) is 0 Å². The molecule has 2 aromatic rings. The van der Waals surface area contributed by atoms with E-state index in [4.69, 9.17) is 27.9 Å². The van der Waals surface area contributed by atoms with Gasteiger partial charge in [-0.25, -0.2) is 8.42 Å². The van der Waals surface area contributed by atoms with Crippen molar-refractivity contribution in [1.82, 2.24) is 9.21 Å². The summed E-state index contributed by atoms with van der Waals surface area (Å²) in [5, 5.41) is 0.909. The van der Waals surface area contributed by atoms with Gasteiger partial charge in [0.15, 0.2) is 6.61 Å². The van der Waals surface area contributed by atoms with E-state index in [9.17, 15) is 13.2 Å². The largest absolute Gasteiger partial charge is 0.482 e. The van der Waals surface area contributed by atoms with Crippen LogP contribution < -0.4 is 4.74 Å². The van der Waals surface area contributed by atoms with Gasteiger partial charge in [-0.1, -0.05) is 35.3 Å². The smallest absolute Gasteiger partial charge is 0.260 e. The number of carbonyl (C=O) groups excluding carboxylic acids is 1. The van der Waals surface area contributed by atoms with Crippen molar-refractivity contribution in [2.24, 2.45) is 0 Å². The zero-order valence-corrected chi connectivity index (χ0v) is 16.7. The lowest BCUT2D eigenvalue weighted by Crippen LogP contribution is -2.51. The molecule has 0 N–H and O–H groups in total. The van der Waals surface area contributed by atoms with E-state index in [1.807, 2.05) is 0 Å². The van der Waals surface area contributed by atoms with Gasteiger partial charge in [0.05, 0.1) is 9.92 Å². The first kappa shape index (κ1) is 19.9.